The molecule has 1 aliphatic rings. The molecule has 0 aromatic carbocycles. The van der Waals surface area contributed by atoms with E-state index in [1.165, 1.54) is 6.20 Å². The van der Waals surface area contributed by atoms with Crippen LogP contribution in [0.3, 0.4) is 0 Å². The molecule has 5 N–H and O–H groups in total. The van der Waals surface area contributed by atoms with Crippen LogP contribution >= 0.6 is 0 Å². The van der Waals surface area contributed by atoms with E-state index in [4.69, 9.17) is 11.5 Å². The van der Waals surface area contributed by atoms with Gasteiger partial charge in [0.2, 0.25) is 0 Å². The van der Waals surface area contributed by atoms with Crippen LogP contribution in [0.5, 0.6) is 0 Å². The van der Waals surface area contributed by atoms with E-state index >= 15 is 0 Å². The van der Waals surface area contributed by atoms with E-state index in [1.807, 2.05) is 0 Å². The minimum absolute atomic E-state index is 0.190. The molecule has 2 atom stereocenters. The number of hydrogen-bond acceptors (Lipinski definition) is 5. The first kappa shape index (κ1) is 11.8. The van der Waals surface area contributed by atoms with Crippen LogP contribution in [0.25, 0.3) is 0 Å². The third-order valence-electron chi connectivity index (χ3n) is 3.22. The number of carbonyl (C=O) groups is 1. The molecule has 0 bridgehead atoms. The van der Waals surface area contributed by atoms with Crippen LogP contribution < -0.4 is 16.8 Å². The molecule has 1 heterocycles. The average molecular weight is 235 g/mol. The summed E-state index contributed by atoms with van der Waals surface area (Å²) in [7, 11) is 0. The number of nitrogens with zero attached hydrogens (tertiary/aromatic N) is 2. The Bertz CT molecular complexity index is 409. The number of nitrogens with two attached hydrogens (primary N) is 2. The number of hydrogen-bond donors (Lipinski definition) is 3. The van der Waals surface area contributed by atoms with Crippen LogP contribution in [0.1, 0.15) is 29.8 Å². The summed E-state index contributed by atoms with van der Waals surface area (Å²) in [6, 6.07) is 0.259. The molecule has 1 aromatic rings. The van der Waals surface area contributed by atoms with Gasteiger partial charge < -0.3 is 16.8 Å². The largest absolute Gasteiger partial charge is 0.365 e. The predicted molar refractivity (Wildman–Crippen MR) is 64.4 cm³/mol. The summed E-state index contributed by atoms with van der Waals surface area (Å²) in [4.78, 5) is 19.3. The summed E-state index contributed by atoms with van der Waals surface area (Å²) < 4.78 is 0. The minimum Gasteiger partial charge on any atom is -0.365 e. The van der Waals surface area contributed by atoms with Crippen LogP contribution in [0.2, 0.25) is 0 Å². The second-order valence-electron chi connectivity index (χ2n) is 4.30. The lowest BCUT2D eigenvalue weighted by Crippen LogP contribution is -2.31. The number of nitrogens with one attached hydrogen (secondary N) is 1. The Morgan fingerprint density at radius 2 is 2.18 bits per heavy atom. The third-order valence-corrected chi connectivity index (χ3v) is 3.22. The van der Waals surface area contributed by atoms with E-state index in [2.05, 4.69) is 15.3 Å². The second kappa shape index (κ2) is 5.09. The summed E-state index contributed by atoms with van der Waals surface area (Å²) in [6.45, 7) is 0.643. The molecule has 1 aliphatic carbocycles. The Morgan fingerprint density at radius 3 is 2.88 bits per heavy atom. The predicted octanol–water partition coefficient (Wildman–Crippen LogP) is 0.115. The summed E-state index contributed by atoms with van der Waals surface area (Å²) in [5.74, 6) is 0.325. The molecule has 1 amide bonds. The van der Waals surface area contributed by atoms with Gasteiger partial charge in [-0.2, -0.15) is 0 Å². The number of anilines is 1. The maximum Gasteiger partial charge on any atom is 0.271 e. The van der Waals surface area contributed by atoms with Crippen molar-refractivity contribution in [3.8, 4) is 0 Å². The number of primary amides is 1. The van der Waals surface area contributed by atoms with Crippen molar-refractivity contribution in [2.75, 3.05) is 11.9 Å². The molecule has 92 valence electrons. The molecule has 1 aromatic heterocycles. The van der Waals surface area contributed by atoms with Gasteiger partial charge >= 0.3 is 0 Å². The molecule has 1 fully saturated rings. The Morgan fingerprint density at radius 1 is 1.41 bits per heavy atom. The molecule has 6 nitrogen and oxygen atoms in total. The lowest BCUT2D eigenvalue weighted by Gasteiger charge is -2.20. The van der Waals surface area contributed by atoms with Gasteiger partial charge in [0.15, 0.2) is 11.5 Å². The lowest BCUT2D eigenvalue weighted by atomic mass is 10.0. The molecule has 0 saturated heterocycles. The molecule has 0 aliphatic heterocycles. The van der Waals surface area contributed by atoms with Crippen molar-refractivity contribution in [2.24, 2.45) is 17.4 Å². The highest BCUT2D eigenvalue weighted by Crippen LogP contribution is 2.27. The van der Waals surface area contributed by atoms with Gasteiger partial charge in [-0.3, -0.25) is 4.79 Å². The minimum atomic E-state index is -0.567. The summed E-state index contributed by atoms with van der Waals surface area (Å²) >= 11 is 0. The fraction of sp³-hybridized carbons (Fsp3) is 0.545. The Kier molecular flexibility index (Phi) is 3.53. The SMILES string of the molecule is NCC1CCCC1Nc1nccnc1C(N)=O. The third kappa shape index (κ3) is 2.52. The summed E-state index contributed by atoms with van der Waals surface area (Å²) in [5.41, 5.74) is 11.1. The van der Waals surface area contributed by atoms with E-state index in [1.54, 1.807) is 6.20 Å². The van der Waals surface area contributed by atoms with Crippen LogP contribution in [-0.2, 0) is 0 Å². The highest BCUT2D eigenvalue weighted by molar-refractivity contribution is 5.95. The highest BCUT2D eigenvalue weighted by Gasteiger charge is 2.27. The van der Waals surface area contributed by atoms with Crippen LogP contribution in [-0.4, -0.2) is 28.5 Å². The standard InChI is InChI=1S/C11H17N5O/c12-6-7-2-1-3-8(7)16-11-9(10(13)17)14-4-5-15-11/h4-5,7-8H,1-3,6,12H2,(H2,13,17)(H,15,16). The van der Waals surface area contributed by atoms with Crippen molar-refractivity contribution in [3.63, 3.8) is 0 Å². The molecule has 6 heteroatoms. The smallest absolute Gasteiger partial charge is 0.271 e. The molecule has 1 saturated carbocycles. The second-order valence-corrected chi connectivity index (χ2v) is 4.30. The number of aromatic nitrogens is 2. The van der Waals surface area contributed by atoms with Crippen molar-refractivity contribution in [3.05, 3.63) is 18.1 Å². The molecular weight excluding hydrogens is 218 g/mol. The fourth-order valence-corrected chi connectivity index (χ4v) is 2.31. The summed E-state index contributed by atoms with van der Waals surface area (Å²) in [5, 5.41) is 3.24. The van der Waals surface area contributed by atoms with Gasteiger partial charge in [0.1, 0.15) is 0 Å². The number of rotatable bonds is 4. The Balaban J connectivity index is 2.15. The maximum atomic E-state index is 11.2. The maximum absolute atomic E-state index is 11.2. The monoisotopic (exact) mass is 235 g/mol. The number of carbonyl (C=O) groups excluding carboxylic acids is 1. The first-order valence-corrected chi connectivity index (χ1v) is 5.79. The zero-order valence-corrected chi connectivity index (χ0v) is 9.60. The normalized spacial score (nSPS) is 23.6. The van der Waals surface area contributed by atoms with Gasteiger partial charge in [-0.15, -0.1) is 0 Å². The van der Waals surface area contributed by atoms with E-state index < -0.39 is 5.91 Å². The summed E-state index contributed by atoms with van der Waals surface area (Å²) in [6.07, 6.45) is 6.30. The van der Waals surface area contributed by atoms with Gasteiger partial charge in [-0.05, 0) is 25.3 Å². The molecular formula is C11H17N5O. The topological polar surface area (TPSA) is 107 Å². The van der Waals surface area contributed by atoms with E-state index in [-0.39, 0.29) is 11.7 Å². The van der Waals surface area contributed by atoms with Crippen molar-refractivity contribution in [2.45, 2.75) is 25.3 Å². The molecule has 2 rings (SSSR count). The fourth-order valence-electron chi connectivity index (χ4n) is 2.31. The zero-order valence-electron chi connectivity index (χ0n) is 9.60. The van der Waals surface area contributed by atoms with Crippen LogP contribution in [0.15, 0.2) is 12.4 Å². The van der Waals surface area contributed by atoms with Gasteiger partial charge in [0.05, 0.1) is 0 Å². The van der Waals surface area contributed by atoms with Crippen molar-refractivity contribution >= 4 is 11.7 Å². The quantitative estimate of drug-likeness (QED) is 0.687. The highest BCUT2D eigenvalue weighted by atomic mass is 16.1. The van der Waals surface area contributed by atoms with E-state index in [0.717, 1.165) is 19.3 Å². The molecule has 0 radical (unpaired) electrons. The van der Waals surface area contributed by atoms with Crippen molar-refractivity contribution < 1.29 is 4.79 Å². The van der Waals surface area contributed by atoms with Crippen LogP contribution in [0, 0.1) is 5.92 Å². The van der Waals surface area contributed by atoms with E-state index in [9.17, 15) is 4.79 Å². The Labute approximate surface area is 99.8 Å². The average Bonchev–Trinajstić information content (AvgIpc) is 2.77. The number of amides is 1. The molecule has 0 spiro atoms. The van der Waals surface area contributed by atoms with Gasteiger partial charge in [-0.1, -0.05) is 6.42 Å². The van der Waals surface area contributed by atoms with Gasteiger partial charge in [0, 0.05) is 18.4 Å². The zero-order chi connectivity index (χ0) is 12.3. The van der Waals surface area contributed by atoms with E-state index in [0.29, 0.717) is 18.3 Å². The first-order chi connectivity index (χ1) is 8.22. The first-order valence-electron chi connectivity index (χ1n) is 5.79. The lowest BCUT2D eigenvalue weighted by molar-refractivity contribution is 0.0996. The Hall–Kier alpha value is -1.69. The van der Waals surface area contributed by atoms with Crippen molar-refractivity contribution in [1.29, 1.82) is 0 Å². The van der Waals surface area contributed by atoms with Gasteiger partial charge in [0.25, 0.3) is 5.91 Å². The molecule has 2 unspecified atom stereocenters. The van der Waals surface area contributed by atoms with Gasteiger partial charge in [-0.25, -0.2) is 9.97 Å². The van der Waals surface area contributed by atoms with Crippen molar-refractivity contribution in [1.82, 2.24) is 9.97 Å². The van der Waals surface area contributed by atoms with Crippen LogP contribution in [0.4, 0.5) is 5.82 Å². The molecule has 17 heavy (non-hydrogen) atoms.